The van der Waals surface area contributed by atoms with Crippen molar-refractivity contribution < 1.29 is 20.1 Å². The smallest absolute Gasteiger partial charge is 0.304 e. The van der Waals surface area contributed by atoms with Crippen LogP contribution in [0.25, 0.3) is 0 Å². The molecule has 5 heteroatoms. The third kappa shape index (κ3) is 3.86. The van der Waals surface area contributed by atoms with Crippen molar-refractivity contribution in [3.8, 4) is 11.5 Å². The molecule has 19 heavy (non-hydrogen) atoms. The van der Waals surface area contributed by atoms with Crippen molar-refractivity contribution >= 4 is 5.97 Å². The molecule has 0 saturated heterocycles. The first-order chi connectivity index (χ1) is 8.86. The van der Waals surface area contributed by atoms with Gasteiger partial charge in [0.25, 0.3) is 0 Å². The summed E-state index contributed by atoms with van der Waals surface area (Å²) in [6.45, 7) is 6.39. The molecule has 0 heterocycles. The summed E-state index contributed by atoms with van der Waals surface area (Å²) in [5.41, 5.74) is 0.678. The van der Waals surface area contributed by atoms with Gasteiger partial charge in [-0.2, -0.15) is 0 Å². The summed E-state index contributed by atoms with van der Waals surface area (Å²) in [5, 5.41) is 28.0. The van der Waals surface area contributed by atoms with Crippen LogP contribution < -0.4 is 0 Å². The Morgan fingerprint density at radius 1 is 1.32 bits per heavy atom. The van der Waals surface area contributed by atoms with E-state index < -0.39 is 5.97 Å². The second-order valence-electron chi connectivity index (χ2n) is 4.70. The topological polar surface area (TPSA) is 81.0 Å². The molecule has 0 amide bonds. The van der Waals surface area contributed by atoms with E-state index in [0.29, 0.717) is 12.1 Å². The quantitative estimate of drug-likeness (QED) is 0.737. The number of carboxylic acid groups (broad SMARTS) is 1. The van der Waals surface area contributed by atoms with Gasteiger partial charge in [0.15, 0.2) is 0 Å². The van der Waals surface area contributed by atoms with Gasteiger partial charge in [0.1, 0.15) is 11.5 Å². The average Bonchev–Trinajstić information content (AvgIpc) is 2.28. The van der Waals surface area contributed by atoms with Crippen molar-refractivity contribution in [2.75, 3.05) is 6.54 Å². The predicted octanol–water partition coefficient (Wildman–Crippen LogP) is 2.34. The predicted molar refractivity (Wildman–Crippen MR) is 72.3 cm³/mol. The first-order valence-electron chi connectivity index (χ1n) is 6.36. The maximum Gasteiger partial charge on any atom is 0.304 e. The Morgan fingerprint density at radius 3 is 2.42 bits per heavy atom. The Hall–Kier alpha value is -1.75. The Balaban J connectivity index is 2.94. The summed E-state index contributed by atoms with van der Waals surface area (Å²) in [7, 11) is 0. The van der Waals surface area contributed by atoms with Crippen LogP contribution in [0.4, 0.5) is 0 Å². The van der Waals surface area contributed by atoms with E-state index >= 15 is 0 Å². The highest BCUT2D eigenvalue weighted by Gasteiger charge is 2.23. The van der Waals surface area contributed by atoms with Crippen LogP contribution in [0.3, 0.4) is 0 Å². The van der Waals surface area contributed by atoms with Crippen LogP contribution in [-0.2, 0) is 4.79 Å². The minimum Gasteiger partial charge on any atom is -0.508 e. The lowest BCUT2D eigenvalue weighted by Gasteiger charge is -2.33. The maximum atomic E-state index is 10.8. The van der Waals surface area contributed by atoms with Crippen molar-refractivity contribution in [3.63, 3.8) is 0 Å². The van der Waals surface area contributed by atoms with E-state index in [1.807, 2.05) is 25.7 Å². The molecule has 0 bridgehead atoms. The van der Waals surface area contributed by atoms with E-state index in [-0.39, 0.29) is 30.0 Å². The highest BCUT2D eigenvalue weighted by Crippen LogP contribution is 2.32. The number of aromatic hydroxyl groups is 2. The van der Waals surface area contributed by atoms with Crippen LogP contribution in [0.2, 0.25) is 0 Å². The molecule has 0 saturated carbocycles. The average molecular weight is 267 g/mol. The summed E-state index contributed by atoms with van der Waals surface area (Å²) < 4.78 is 0. The fraction of sp³-hybridized carbons (Fsp3) is 0.500. The molecule has 1 rings (SSSR count). The molecule has 1 aromatic rings. The number of carbonyl (C=O) groups is 1. The Morgan fingerprint density at radius 2 is 1.95 bits per heavy atom. The monoisotopic (exact) mass is 267 g/mol. The zero-order valence-electron chi connectivity index (χ0n) is 11.5. The van der Waals surface area contributed by atoms with Crippen LogP contribution in [0, 0.1) is 0 Å². The minimum absolute atomic E-state index is 0.00934. The molecule has 3 N–H and O–H groups in total. The third-order valence-electron chi connectivity index (χ3n) is 3.36. The minimum atomic E-state index is -0.840. The molecule has 0 spiro atoms. The Labute approximate surface area is 113 Å². The number of hydrogen-bond donors (Lipinski definition) is 3. The lowest BCUT2D eigenvalue weighted by Crippen LogP contribution is -2.36. The van der Waals surface area contributed by atoms with E-state index in [1.54, 1.807) is 6.07 Å². The number of hydrogen-bond acceptors (Lipinski definition) is 4. The standard InChI is InChI=1S/C14H21NO4/c1-4-15(9(2)7-14(18)19)10(3)12-6-5-11(16)8-13(12)17/h5-6,8-10,16-17H,4,7H2,1-3H3,(H,18,19). The highest BCUT2D eigenvalue weighted by molar-refractivity contribution is 5.67. The molecule has 0 aliphatic rings. The molecule has 106 valence electrons. The molecule has 2 unspecified atom stereocenters. The number of carboxylic acids is 1. The molecule has 5 nitrogen and oxygen atoms in total. The highest BCUT2D eigenvalue weighted by atomic mass is 16.4. The van der Waals surface area contributed by atoms with E-state index in [1.165, 1.54) is 12.1 Å². The molecular weight excluding hydrogens is 246 g/mol. The van der Waals surface area contributed by atoms with Gasteiger partial charge in [-0.25, -0.2) is 0 Å². The summed E-state index contributed by atoms with van der Waals surface area (Å²) in [6, 6.07) is 4.21. The van der Waals surface area contributed by atoms with E-state index in [0.717, 1.165) is 0 Å². The molecular formula is C14H21NO4. The van der Waals surface area contributed by atoms with Crippen LogP contribution >= 0.6 is 0 Å². The van der Waals surface area contributed by atoms with Crippen molar-refractivity contribution in [1.29, 1.82) is 0 Å². The molecule has 0 aliphatic carbocycles. The van der Waals surface area contributed by atoms with Gasteiger partial charge < -0.3 is 15.3 Å². The van der Waals surface area contributed by atoms with Crippen LogP contribution in [0.1, 0.15) is 38.8 Å². The summed E-state index contributed by atoms with van der Waals surface area (Å²) in [6.07, 6.45) is 0.0526. The zero-order chi connectivity index (χ0) is 14.6. The molecule has 2 atom stereocenters. The van der Waals surface area contributed by atoms with Gasteiger partial charge in [0, 0.05) is 23.7 Å². The van der Waals surface area contributed by atoms with Crippen molar-refractivity contribution in [3.05, 3.63) is 23.8 Å². The van der Waals surface area contributed by atoms with Gasteiger partial charge in [0.05, 0.1) is 6.42 Å². The molecule has 0 fully saturated rings. The van der Waals surface area contributed by atoms with E-state index in [9.17, 15) is 15.0 Å². The number of aliphatic carboxylic acids is 1. The molecule has 1 aromatic carbocycles. The number of phenols is 2. The van der Waals surface area contributed by atoms with Gasteiger partial charge in [-0.1, -0.05) is 13.0 Å². The number of nitrogens with zero attached hydrogens (tertiary/aromatic N) is 1. The molecule has 0 aliphatic heterocycles. The lowest BCUT2D eigenvalue weighted by molar-refractivity contribution is -0.138. The van der Waals surface area contributed by atoms with Gasteiger partial charge in [-0.05, 0) is 26.5 Å². The second-order valence-corrected chi connectivity index (χ2v) is 4.70. The van der Waals surface area contributed by atoms with Gasteiger partial charge in [-0.3, -0.25) is 9.69 Å². The lowest BCUT2D eigenvalue weighted by atomic mass is 10.0. The second kappa shape index (κ2) is 6.43. The van der Waals surface area contributed by atoms with Gasteiger partial charge in [0.2, 0.25) is 0 Å². The Bertz CT molecular complexity index is 447. The SMILES string of the molecule is CCN(C(C)CC(=O)O)C(C)c1ccc(O)cc1O. The first-order valence-corrected chi connectivity index (χ1v) is 6.36. The summed E-state index contributed by atoms with van der Waals surface area (Å²) >= 11 is 0. The Kier molecular flexibility index (Phi) is 5.18. The summed E-state index contributed by atoms with van der Waals surface area (Å²) in [4.78, 5) is 12.8. The first kappa shape index (κ1) is 15.3. The summed E-state index contributed by atoms with van der Waals surface area (Å²) in [5.74, 6) is -0.809. The third-order valence-corrected chi connectivity index (χ3v) is 3.36. The maximum absolute atomic E-state index is 10.8. The fourth-order valence-electron chi connectivity index (χ4n) is 2.40. The number of rotatable bonds is 6. The normalized spacial score (nSPS) is 14.3. The van der Waals surface area contributed by atoms with Gasteiger partial charge in [-0.15, -0.1) is 0 Å². The van der Waals surface area contributed by atoms with Crippen LogP contribution in [-0.4, -0.2) is 38.8 Å². The van der Waals surface area contributed by atoms with Crippen molar-refractivity contribution in [1.82, 2.24) is 4.90 Å². The van der Waals surface area contributed by atoms with E-state index in [4.69, 9.17) is 5.11 Å². The molecule has 0 radical (unpaired) electrons. The van der Waals surface area contributed by atoms with Crippen molar-refractivity contribution in [2.45, 2.75) is 39.3 Å². The molecule has 0 aromatic heterocycles. The number of benzene rings is 1. The van der Waals surface area contributed by atoms with Crippen molar-refractivity contribution in [2.24, 2.45) is 0 Å². The number of phenolic OH excluding ortho intramolecular Hbond substituents is 2. The largest absolute Gasteiger partial charge is 0.508 e. The zero-order valence-corrected chi connectivity index (χ0v) is 11.5. The van der Waals surface area contributed by atoms with Crippen LogP contribution in [0.15, 0.2) is 18.2 Å². The van der Waals surface area contributed by atoms with E-state index in [2.05, 4.69) is 0 Å². The fourth-order valence-corrected chi connectivity index (χ4v) is 2.40. The van der Waals surface area contributed by atoms with Crippen LogP contribution in [0.5, 0.6) is 11.5 Å². The van der Waals surface area contributed by atoms with Gasteiger partial charge >= 0.3 is 5.97 Å².